The number of benzene rings is 3. The average molecular weight is 465 g/mol. The molecular formula is C28H29ClO4. The van der Waals surface area contributed by atoms with Crippen LogP contribution in [-0.4, -0.2) is 24.9 Å². The van der Waals surface area contributed by atoms with Gasteiger partial charge in [-0.25, -0.2) is 0 Å². The summed E-state index contributed by atoms with van der Waals surface area (Å²) in [5, 5.41) is 0.531. The minimum Gasteiger partial charge on any atom is -0.488 e. The van der Waals surface area contributed by atoms with Crippen molar-refractivity contribution in [1.82, 2.24) is 0 Å². The van der Waals surface area contributed by atoms with Crippen molar-refractivity contribution in [1.29, 1.82) is 0 Å². The summed E-state index contributed by atoms with van der Waals surface area (Å²) < 4.78 is 24.8. The summed E-state index contributed by atoms with van der Waals surface area (Å²) in [7, 11) is 0. The van der Waals surface area contributed by atoms with Gasteiger partial charge >= 0.3 is 0 Å². The second-order valence-electron chi connectivity index (χ2n) is 8.04. The van der Waals surface area contributed by atoms with Crippen LogP contribution < -0.4 is 0 Å². The highest BCUT2D eigenvalue weighted by Crippen LogP contribution is 2.33. The Kier molecular flexibility index (Phi) is 8.56. The van der Waals surface area contributed by atoms with Crippen LogP contribution in [0.4, 0.5) is 0 Å². The van der Waals surface area contributed by atoms with E-state index < -0.39 is 12.2 Å². The van der Waals surface area contributed by atoms with Crippen molar-refractivity contribution in [2.24, 2.45) is 0 Å². The number of rotatable bonds is 10. The standard InChI is InChI=1S/C28H29ClO4/c1-21-26(29)28(32-19-24-15-9-4-10-16-24)27(31-18-23-13-7-3-8-14-23)25(33-21)20-30-17-22-11-5-2-6-12-22/h2-16,25,27-28H,17-20H2,1H3/t25-,27-,28-/m1/s1. The Balaban J connectivity index is 1.48. The van der Waals surface area contributed by atoms with Crippen LogP contribution >= 0.6 is 11.6 Å². The highest BCUT2D eigenvalue weighted by Gasteiger charge is 2.40. The molecular weight excluding hydrogens is 436 g/mol. The normalized spacial score (nSPS) is 20.5. The van der Waals surface area contributed by atoms with E-state index >= 15 is 0 Å². The zero-order chi connectivity index (χ0) is 22.9. The summed E-state index contributed by atoms with van der Waals surface area (Å²) >= 11 is 6.68. The van der Waals surface area contributed by atoms with E-state index in [0.717, 1.165) is 16.7 Å². The van der Waals surface area contributed by atoms with Crippen LogP contribution in [0.2, 0.25) is 0 Å². The number of halogens is 1. The van der Waals surface area contributed by atoms with E-state index in [-0.39, 0.29) is 6.10 Å². The van der Waals surface area contributed by atoms with Crippen molar-refractivity contribution < 1.29 is 18.9 Å². The number of hydrogen-bond donors (Lipinski definition) is 0. The molecule has 0 saturated carbocycles. The molecule has 0 bridgehead atoms. The predicted octanol–water partition coefficient (Wildman–Crippen LogP) is 6.24. The van der Waals surface area contributed by atoms with Gasteiger partial charge in [-0.05, 0) is 23.6 Å². The Morgan fingerprint density at radius 3 is 1.73 bits per heavy atom. The fourth-order valence-electron chi connectivity index (χ4n) is 3.78. The van der Waals surface area contributed by atoms with E-state index in [4.69, 9.17) is 30.5 Å². The maximum atomic E-state index is 6.68. The number of ether oxygens (including phenoxy) is 4. The van der Waals surface area contributed by atoms with Crippen molar-refractivity contribution in [3.05, 3.63) is 118 Å². The molecule has 3 aromatic rings. The van der Waals surface area contributed by atoms with E-state index in [0.29, 0.717) is 37.2 Å². The minimum absolute atomic E-state index is 0.347. The maximum Gasteiger partial charge on any atom is 0.150 e. The second kappa shape index (κ2) is 12.0. The Labute approximate surface area is 200 Å². The molecule has 5 heteroatoms. The van der Waals surface area contributed by atoms with Crippen LogP contribution in [-0.2, 0) is 38.8 Å². The van der Waals surface area contributed by atoms with Crippen LogP contribution in [0.3, 0.4) is 0 Å². The molecule has 0 fully saturated rings. The number of hydrogen-bond acceptors (Lipinski definition) is 4. The van der Waals surface area contributed by atoms with Crippen LogP contribution in [0.1, 0.15) is 23.6 Å². The third-order valence-corrected chi connectivity index (χ3v) is 6.01. The van der Waals surface area contributed by atoms with Gasteiger partial charge in [0, 0.05) is 0 Å². The van der Waals surface area contributed by atoms with E-state index in [1.54, 1.807) is 0 Å². The molecule has 1 aliphatic heterocycles. The molecule has 0 unspecified atom stereocenters. The van der Waals surface area contributed by atoms with Crippen LogP contribution in [0, 0.1) is 0 Å². The zero-order valence-electron chi connectivity index (χ0n) is 18.7. The maximum absolute atomic E-state index is 6.68. The first kappa shape index (κ1) is 23.5. The van der Waals surface area contributed by atoms with E-state index in [1.807, 2.05) is 97.9 Å². The van der Waals surface area contributed by atoms with Crippen molar-refractivity contribution in [3.63, 3.8) is 0 Å². The summed E-state index contributed by atoms with van der Waals surface area (Å²) in [5.41, 5.74) is 3.26. The Bertz CT molecular complexity index is 1010. The smallest absolute Gasteiger partial charge is 0.150 e. The van der Waals surface area contributed by atoms with Gasteiger partial charge in [0.05, 0.1) is 31.5 Å². The zero-order valence-corrected chi connectivity index (χ0v) is 19.5. The third kappa shape index (κ3) is 6.68. The lowest BCUT2D eigenvalue weighted by Crippen LogP contribution is -2.48. The molecule has 1 aliphatic rings. The van der Waals surface area contributed by atoms with Crippen LogP contribution in [0.5, 0.6) is 0 Å². The lowest BCUT2D eigenvalue weighted by atomic mass is 10.0. The monoisotopic (exact) mass is 464 g/mol. The molecule has 0 N–H and O–H groups in total. The Hall–Kier alpha value is -2.63. The average Bonchev–Trinajstić information content (AvgIpc) is 2.86. The first-order valence-corrected chi connectivity index (χ1v) is 11.5. The van der Waals surface area contributed by atoms with Gasteiger partial charge < -0.3 is 18.9 Å². The molecule has 0 radical (unpaired) electrons. The molecule has 0 aromatic heterocycles. The van der Waals surface area contributed by atoms with Gasteiger partial charge in [-0.15, -0.1) is 0 Å². The predicted molar refractivity (Wildman–Crippen MR) is 130 cm³/mol. The molecule has 0 amide bonds. The lowest BCUT2D eigenvalue weighted by molar-refractivity contribution is -0.155. The topological polar surface area (TPSA) is 36.9 Å². The fourth-order valence-corrected chi connectivity index (χ4v) is 4.01. The molecule has 0 spiro atoms. The molecule has 3 atom stereocenters. The lowest BCUT2D eigenvalue weighted by Gasteiger charge is -2.38. The van der Waals surface area contributed by atoms with Crippen molar-refractivity contribution in [3.8, 4) is 0 Å². The first-order chi connectivity index (χ1) is 16.2. The van der Waals surface area contributed by atoms with Crippen LogP contribution in [0.15, 0.2) is 102 Å². The molecule has 0 saturated heterocycles. The van der Waals surface area contributed by atoms with E-state index in [1.165, 1.54) is 0 Å². The highest BCUT2D eigenvalue weighted by atomic mass is 35.5. The minimum atomic E-state index is -0.449. The highest BCUT2D eigenvalue weighted by molar-refractivity contribution is 6.30. The fraction of sp³-hybridized carbons (Fsp3) is 0.286. The van der Waals surface area contributed by atoms with Gasteiger partial charge in [0.2, 0.25) is 0 Å². The van der Waals surface area contributed by atoms with Crippen molar-refractivity contribution >= 4 is 11.6 Å². The molecule has 1 heterocycles. The second-order valence-corrected chi connectivity index (χ2v) is 8.45. The molecule has 33 heavy (non-hydrogen) atoms. The first-order valence-electron chi connectivity index (χ1n) is 11.2. The van der Waals surface area contributed by atoms with E-state index in [9.17, 15) is 0 Å². The SMILES string of the molecule is CC1=C(Cl)[C@@H](OCc2ccccc2)[C@H](OCc2ccccc2)[C@@H](COCc2ccccc2)O1. The quantitative estimate of drug-likeness (QED) is 0.355. The summed E-state index contributed by atoms with van der Waals surface area (Å²) in [4.78, 5) is 0. The molecule has 0 aliphatic carbocycles. The van der Waals surface area contributed by atoms with Gasteiger partial charge in [-0.1, -0.05) is 103 Å². The molecule has 3 aromatic carbocycles. The Morgan fingerprint density at radius 2 is 1.18 bits per heavy atom. The molecule has 4 rings (SSSR count). The van der Waals surface area contributed by atoms with Gasteiger partial charge in [0.15, 0.2) is 6.10 Å². The summed E-state index contributed by atoms with van der Waals surface area (Å²) in [5.74, 6) is 0.641. The van der Waals surface area contributed by atoms with Gasteiger partial charge in [-0.3, -0.25) is 0 Å². The summed E-state index contributed by atoms with van der Waals surface area (Å²) in [6, 6.07) is 30.2. The summed E-state index contributed by atoms with van der Waals surface area (Å²) in [6.45, 7) is 3.58. The molecule has 172 valence electrons. The van der Waals surface area contributed by atoms with Crippen molar-refractivity contribution in [2.45, 2.75) is 45.1 Å². The van der Waals surface area contributed by atoms with Gasteiger partial charge in [0.1, 0.15) is 18.0 Å². The Morgan fingerprint density at radius 1 is 0.697 bits per heavy atom. The summed E-state index contributed by atoms with van der Waals surface area (Å²) in [6.07, 6.45) is -1.21. The third-order valence-electron chi connectivity index (χ3n) is 5.53. The van der Waals surface area contributed by atoms with Gasteiger partial charge in [0.25, 0.3) is 0 Å². The number of allylic oxidation sites excluding steroid dienone is 1. The largest absolute Gasteiger partial charge is 0.488 e. The molecule has 4 nitrogen and oxygen atoms in total. The van der Waals surface area contributed by atoms with Crippen molar-refractivity contribution in [2.75, 3.05) is 6.61 Å². The van der Waals surface area contributed by atoms with E-state index in [2.05, 4.69) is 0 Å². The van der Waals surface area contributed by atoms with Gasteiger partial charge in [-0.2, -0.15) is 0 Å². The van der Waals surface area contributed by atoms with Crippen LogP contribution in [0.25, 0.3) is 0 Å².